The highest BCUT2D eigenvalue weighted by molar-refractivity contribution is 5.91. The number of amides is 1. The van der Waals surface area contributed by atoms with Gasteiger partial charge in [0.15, 0.2) is 11.6 Å². The van der Waals surface area contributed by atoms with Gasteiger partial charge >= 0.3 is 0 Å². The third kappa shape index (κ3) is 4.76. The van der Waals surface area contributed by atoms with E-state index in [-0.39, 0.29) is 17.7 Å². The third-order valence-corrected chi connectivity index (χ3v) is 3.86. The van der Waals surface area contributed by atoms with Crippen LogP contribution in [0.3, 0.4) is 0 Å². The van der Waals surface area contributed by atoms with Gasteiger partial charge < -0.3 is 15.6 Å². The molecule has 0 unspecified atom stereocenters. The molecule has 0 bridgehead atoms. The van der Waals surface area contributed by atoms with Crippen LogP contribution in [0.1, 0.15) is 44.7 Å². The Hall–Kier alpha value is -3.07. The average Bonchev–Trinajstić information content (AvgIpc) is 3.30. The van der Waals surface area contributed by atoms with Crippen LogP contribution in [0.5, 0.6) is 0 Å². The van der Waals surface area contributed by atoms with Crippen molar-refractivity contribution in [1.29, 1.82) is 0 Å². The van der Waals surface area contributed by atoms with Crippen molar-refractivity contribution in [3.05, 3.63) is 41.8 Å². The minimum Gasteiger partial charge on any atom is -0.339 e. The molecule has 0 aliphatic rings. The predicted molar refractivity (Wildman–Crippen MR) is 99.7 cm³/mol. The molecular formula is C18H23N7O2. The summed E-state index contributed by atoms with van der Waals surface area (Å²) >= 11 is 0. The number of nitrogens with two attached hydrogens (primary N) is 1. The van der Waals surface area contributed by atoms with Gasteiger partial charge in [0, 0.05) is 29.5 Å². The summed E-state index contributed by atoms with van der Waals surface area (Å²) in [5.41, 5.74) is 6.87. The molecule has 27 heavy (non-hydrogen) atoms. The van der Waals surface area contributed by atoms with E-state index in [1.807, 2.05) is 32.9 Å². The highest BCUT2D eigenvalue weighted by atomic mass is 16.5. The Labute approximate surface area is 156 Å². The van der Waals surface area contributed by atoms with Crippen molar-refractivity contribution in [2.45, 2.75) is 45.6 Å². The molecule has 9 nitrogen and oxygen atoms in total. The maximum Gasteiger partial charge on any atom is 0.227 e. The number of nitrogens with zero attached hydrogens (tertiary/aromatic N) is 4. The van der Waals surface area contributed by atoms with Crippen molar-refractivity contribution < 1.29 is 9.32 Å². The number of nitrogens with one attached hydrogen (secondary N) is 2. The fourth-order valence-corrected chi connectivity index (χ4v) is 2.32. The second-order valence-corrected chi connectivity index (χ2v) is 7.20. The lowest BCUT2D eigenvalue weighted by molar-refractivity contribution is -0.116. The van der Waals surface area contributed by atoms with Crippen molar-refractivity contribution in [3.8, 4) is 11.4 Å². The smallest absolute Gasteiger partial charge is 0.227 e. The monoisotopic (exact) mass is 369 g/mol. The minimum atomic E-state index is -0.181. The molecule has 0 saturated heterocycles. The molecule has 3 rings (SSSR count). The summed E-state index contributed by atoms with van der Waals surface area (Å²) in [5.74, 6) is 2.17. The number of aryl methyl sites for hydroxylation is 1. The van der Waals surface area contributed by atoms with E-state index < -0.39 is 0 Å². The first-order valence-electron chi connectivity index (χ1n) is 8.70. The van der Waals surface area contributed by atoms with Crippen molar-refractivity contribution in [2.75, 3.05) is 5.32 Å². The zero-order chi connectivity index (χ0) is 19.4. The van der Waals surface area contributed by atoms with Gasteiger partial charge in [-0.1, -0.05) is 25.9 Å². The largest absolute Gasteiger partial charge is 0.339 e. The number of hydrogen-bond donors (Lipinski definition) is 3. The van der Waals surface area contributed by atoms with E-state index in [0.29, 0.717) is 42.0 Å². The summed E-state index contributed by atoms with van der Waals surface area (Å²) in [7, 11) is 0. The lowest BCUT2D eigenvalue weighted by atomic mass is 9.96. The molecule has 3 aromatic rings. The summed E-state index contributed by atoms with van der Waals surface area (Å²) in [6, 6.07) is 7.28. The molecule has 0 radical (unpaired) electrons. The Morgan fingerprint density at radius 3 is 2.56 bits per heavy atom. The molecule has 9 heteroatoms. The molecule has 1 aromatic carbocycles. The molecule has 1 amide bonds. The highest BCUT2D eigenvalue weighted by Gasteiger charge is 2.21. The molecule has 2 aromatic heterocycles. The second-order valence-electron chi connectivity index (χ2n) is 7.20. The van der Waals surface area contributed by atoms with Crippen LogP contribution in [0.25, 0.3) is 11.4 Å². The van der Waals surface area contributed by atoms with Crippen LogP contribution in [0, 0.1) is 0 Å². The van der Waals surface area contributed by atoms with E-state index in [2.05, 4.69) is 30.6 Å². The summed E-state index contributed by atoms with van der Waals surface area (Å²) in [6.45, 7) is 6.33. The van der Waals surface area contributed by atoms with Crippen LogP contribution in [-0.2, 0) is 23.2 Å². The van der Waals surface area contributed by atoms with E-state index in [1.165, 1.54) is 0 Å². The number of carbonyl (C=O) groups excluding carboxylic acids is 1. The summed E-state index contributed by atoms with van der Waals surface area (Å²) in [6.07, 6.45) is 0.653. The van der Waals surface area contributed by atoms with Crippen molar-refractivity contribution in [2.24, 2.45) is 5.73 Å². The number of aromatic amines is 1. The lowest BCUT2D eigenvalue weighted by Gasteiger charge is -2.10. The van der Waals surface area contributed by atoms with Crippen LogP contribution >= 0.6 is 0 Å². The van der Waals surface area contributed by atoms with E-state index in [0.717, 1.165) is 5.56 Å². The van der Waals surface area contributed by atoms with Gasteiger partial charge in [0.05, 0.1) is 6.54 Å². The van der Waals surface area contributed by atoms with Crippen LogP contribution in [0.4, 0.5) is 5.69 Å². The zero-order valence-corrected chi connectivity index (χ0v) is 15.6. The lowest BCUT2D eigenvalue weighted by Crippen LogP contribution is -2.14. The predicted octanol–water partition coefficient (Wildman–Crippen LogP) is 2.18. The van der Waals surface area contributed by atoms with Crippen molar-refractivity contribution >= 4 is 11.6 Å². The Kier molecular flexibility index (Phi) is 5.31. The fraction of sp³-hybridized carbons (Fsp3) is 0.389. The molecule has 2 heterocycles. The van der Waals surface area contributed by atoms with Gasteiger partial charge in [-0.05, 0) is 24.3 Å². The fourth-order valence-electron chi connectivity index (χ4n) is 2.32. The van der Waals surface area contributed by atoms with E-state index in [1.54, 1.807) is 12.1 Å². The van der Waals surface area contributed by atoms with Crippen molar-refractivity contribution in [3.63, 3.8) is 0 Å². The van der Waals surface area contributed by atoms with Crippen LogP contribution in [0.15, 0.2) is 28.8 Å². The second kappa shape index (κ2) is 7.67. The van der Waals surface area contributed by atoms with Crippen LogP contribution < -0.4 is 11.1 Å². The molecular weight excluding hydrogens is 346 g/mol. The third-order valence-electron chi connectivity index (χ3n) is 3.86. The number of H-pyrrole nitrogens is 1. The zero-order valence-electron chi connectivity index (χ0n) is 15.6. The minimum absolute atomic E-state index is 0.124. The number of hydrogen-bond acceptors (Lipinski definition) is 7. The number of anilines is 1. The van der Waals surface area contributed by atoms with Crippen molar-refractivity contribution in [1.82, 2.24) is 25.3 Å². The van der Waals surface area contributed by atoms with E-state index >= 15 is 0 Å². The van der Waals surface area contributed by atoms with Gasteiger partial charge in [0.2, 0.25) is 11.8 Å². The Balaban J connectivity index is 1.54. The van der Waals surface area contributed by atoms with Crippen LogP contribution in [0.2, 0.25) is 0 Å². The summed E-state index contributed by atoms with van der Waals surface area (Å²) in [5, 5.41) is 13.7. The molecule has 0 aliphatic heterocycles. The average molecular weight is 369 g/mol. The first-order chi connectivity index (χ1) is 12.8. The number of aromatic nitrogens is 5. The summed E-state index contributed by atoms with van der Waals surface area (Å²) < 4.78 is 5.20. The van der Waals surface area contributed by atoms with Gasteiger partial charge in [-0.3, -0.25) is 9.89 Å². The summed E-state index contributed by atoms with van der Waals surface area (Å²) in [4.78, 5) is 20.7. The number of benzene rings is 1. The topological polar surface area (TPSA) is 136 Å². The van der Waals surface area contributed by atoms with Gasteiger partial charge in [0.25, 0.3) is 0 Å². The van der Waals surface area contributed by atoms with Gasteiger partial charge in [-0.15, -0.1) is 0 Å². The quantitative estimate of drug-likeness (QED) is 0.606. The Morgan fingerprint density at radius 1 is 1.22 bits per heavy atom. The Bertz CT molecular complexity index is 906. The molecule has 0 fully saturated rings. The highest BCUT2D eigenvalue weighted by Crippen LogP contribution is 2.20. The number of carbonyl (C=O) groups is 1. The Morgan fingerprint density at radius 2 is 1.96 bits per heavy atom. The maximum atomic E-state index is 12.1. The molecule has 0 spiro atoms. The van der Waals surface area contributed by atoms with Gasteiger partial charge in [-0.25, -0.2) is 4.98 Å². The maximum absolute atomic E-state index is 12.1. The van der Waals surface area contributed by atoms with E-state index in [9.17, 15) is 4.79 Å². The first-order valence-corrected chi connectivity index (χ1v) is 8.70. The first kappa shape index (κ1) is 18.7. The molecule has 0 saturated carbocycles. The molecule has 4 N–H and O–H groups in total. The molecule has 0 aliphatic carbocycles. The SMILES string of the molecule is CC(C)(C)c1noc(CCC(=O)Nc2ccc(-c3n[nH]c(CN)n3)cc2)n1. The van der Waals surface area contributed by atoms with E-state index in [4.69, 9.17) is 10.3 Å². The van der Waals surface area contributed by atoms with Crippen LogP contribution in [-0.4, -0.2) is 31.2 Å². The normalized spacial score (nSPS) is 11.6. The molecule has 142 valence electrons. The standard InChI is InChI=1S/C18H23N7O2/c1-18(2,3)17-22-15(27-25-17)9-8-14(26)20-12-6-4-11(5-7-12)16-21-13(10-19)23-24-16/h4-7H,8-10,19H2,1-3H3,(H,20,26)(H,21,23,24). The van der Waals surface area contributed by atoms with Gasteiger partial charge in [-0.2, -0.15) is 10.1 Å². The number of rotatable bonds is 6. The molecule has 0 atom stereocenters. The van der Waals surface area contributed by atoms with Gasteiger partial charge in [0.1, 0.15) is 5.82 Å².